The third-order valence-corrected chi connectivity index (χ3v) is 3.88. The first-order chi connectivity index (χ1) is 8.56. The predicted molar refractivity (Wildman–Crippen MR) is 75.1 cm³/mol. The summed E-state index contributed by atoms with van der Waals surface area (Å²) in [5.74, 6) is 0.157. The fourth-order valence-corrected chi connectivity index (χ4v) is 2.74. The minimum Gasteiger partial charge on any atom is -0.506 e. The van der Waals surface area contributed by atoms with E-state index in [1.165, 1.54) is 6.42 Å². The summed E-state index contributed by atoms with van der Waals surface area (Å²) in [6.07, 6.45) is 1.20. The van der Waals surface area contributed by atoms with Crippen molar-refractivity contribution in [1.29, 1.82) is 0 Å². The van der Waals surface area contributed by atoms with Crippen molar-refractivity contribution in [2.24, 2.45) is 0 Å². The maximum atomic E-state index is 9.43. The fourth-order valence-electron chi connectivity index (χ4n) is 2.54. The molecule has 0 spiro atoms. The molecule has 3 nitrogen and oxygen atoms in total. The van der Waals surface area contributed by atoms with Crippen molar-refractivity contribution in [3.63, 3.8) is 0 Å². The SMILES string of the molecule is CC1CN(C)CCCN1Cc1ccc(O)c(Cl)c1. The number of nitrogens with zero attached hydrogens (tertiary/aromatic N) is 2. The molecule has 0 amide bonds. The quantitative estimate of drug-likeness (QED) is 0.893. The Bertz CT molecular complexity index is 411. The minimum atomic E-state index is 0.157. The van der Waals surface area contributed by atoms with Gasteiger partial charge in [0.15, 0.2) is 0 Å². The zero-order chi connectivity index (χ0) is 13.1. The van der Waals surface area contributed by atoms with Crippen molar-refractivity contribution in [1.82, 2.24) is 9.80 Å². The average molecular weight is 269 g/mol. The van der Waals surface area contributed by atoms with Crippen molar-refractivity contribution in [2.75, 3.05) is 26.7 Å². The number of phenols is 1. The Morgan fingerprint density at radius 2 is 2.17 bits per heavy atom. The predicted octanol–water partition coefficient (Wildman–Crippen LogP) is 2.57. The van der Waals surface area contributed by atoms with Gasteiger partial charge in [0.2, 0.25) is 0 Å². The standard InChI is InChI=1S/C14H21ClN2O/c1-11-9-16(2)6-3-7-17(11)10-12-4-5-14(18)13(15)8-12/h4-5,8,11,18H,3,6-7,9-10H2,1-2H3. The molecule has 1 aliphatic rings. The van der Waals surface area contributed by atoms with Gasteiger partial charge in [0.25, 0.3) is 0 Å². The summed E-state index contributed by atoms with van der Waals surface area (Å²) in [4.78, 5) is 4.86. The van der Waals surface area contributed by atoms with E-state index in [4.69, 9.17) is 11.6 Å². The molecule has 1 N–H and O–H groups in total. The molecule has 1 fully saturated rings. The molecule has 0 radical (unpaired) electrons. The molecule has 0 aromatic heterocycles. The molecule has 4 heteroatoms. The van der Waals surface area contributed by atoms with Gasteiger partial charge in [-0.15, -0.1) is 0 Å². The summed E-state index contributed by atoms with van der Waals surface area (Å²) in [5, 5.41) is 9.87. The van der Waals surface area contributed by atoms with Gasteiger partial charge in [-0.25, -0.2) is 0 Å². The fraction of sp³-hybridized carbons (Fsp3) is 0.571. The molecule has 0 saturated carbocycles. The Labute approximate surface area is 114 Å². The van der Waals surface area contributed by atoms with E-state index in [1.54, 1.807) is 6.07 Å². The van der Waals surface area contributed by atoms with Gasteiger partial charge in [0.1, 0.15) is 5.75 Å². The molecule has 1 saturated heterocycles. The van der Waals surface area contributed by atoms with Gasteiger partial charge in [-0.05, 0) is 44.6 Å². The Morgan fingerprint density at radius 3 is 2.89 bits per heavy atom. The highest BCUT2D eigenvalue weighted by atomic mass is 35.5. The smallest absolute Gasteiger partial charge is 0.134 e. The third kappa shape index (κ3) is 3.37. The van der Waals surface area contributed by atoms with Gasteiger partial charge < -0.3 is 10.0 Å². The van der Waals surface area contributed by atoms with E-state index in [9.17, 15) is 5.11 Å². The summed E-state index contributed by atoms with van der Waals surface area (Å²) >= 11 is 5.95. The van der Waals surface area contributed by atoms with Crippen LogP contribution in [-0.2, 0) is 6.54 Å². The largest absolute Gasteiger partial charge is 0.506 e. The van der Waals surface area contributed by atoms with Crippen molar-refractivity contribution in [2.45, 2.75) is 25.9 Å². The van der Waals surface area contributed by atoms with Crippen LogP contribution in [0, 0.1) is 0 Å². The molecule has 0 aliphatic carbocycles. The van der Waals surface area contributed by atoms with Gasteiger partial charge in [0.05, 0.1) is 5.02 Å². The van der Waals surface area contributed by atoms with E-state index in [-0.39, 0.29) is 5.75 Å². The lowest BCUT2D eigenvalue weighted by atomic mass is 10.1. The number of phenolic OH excluding ortho intramolecular Hbond substituents is 1. The van der Waals surface area contributed by atoms with Crippen molar-refractivity contribution in [3.8, 4) is 5.75 Å². The number of halogens is 1. The van der Waals surface area contributed by atoms with E-state index in [0.717, 1.165) is 31.7 Å². The number of likely N-dealkylation sites (N-methyl/N-ethyl adjacent to an activating group) is 1. The van der Waals surface area contributed by atoms with Crippen LogP contribution in [0.1, 0.15) is 18.9 Å². The van der Waals surface area contributed by atoms with Crippen LogP contribution in [0.2, 0.25) is 5.02 Å². The van der Waals surface area contributed by atoms with Gasteiger partial charge in [0, 0.05) is 25.7 Å². The van der Waals surface area contributed by atoms with Crippen molar-refractivity contribution < 1.29 is 5.11 Å². The first kappa shape index (κ1) is 13.7. The Kier molecular flexibility index (Phi) is 4.49. The molecule has 1 aliphatic heterocycles. The van der Waals surface area contributed by atoms with Gasteiger partial charge in [-0.1, -0.05) is 17.7 Å². The zero-order valence-electron chi connectivity index (χ0n) is 11.1. The van der Waals surface area contributed by atoms with Crippen molar-refractivity contribution in [3.05, 3.63) is 28.8 Å². The number of benzene rings is 1. The molecule has 1 aromatic rings. The molecule has 18 heavy (non-hydrogen) atoms. The minimum absolute atomic E-state index is 0.157. The molecule has 2 rings (SSSR count). The van der Waals surface area contributed by atoms with Crippen LogP contribution >= 0.6 is 11.6 Å². The van der Waals surface area contributed by atoms with Crippen LogP contribution < -0.4 is 0 Å². The molecule has 1 heterocycles. The van der Waals surface area contributed by atoms with Gasteiger partial charge >= 0.3 is 0 Å². The summed E-state index contributed by atoms with van der Waals surface area (Å²) in [7, 11) is 2.18. The van der Waals surface area contributed by atoms with Crippen LogP contribution in [0.5, 0.6) is 5.75 Å². The first-order valence-corrected chi connectivity index (χ1v) is 6.84. The van der Waals surface area contributed by atoms with Crippen LogP contribution in [0.25, 0.3) is 0 Å². The summed E-state index contributed by atoms with van der Waals surface area (Å²) in [6, 6.07) is 6.03. The monoisotopic (exact) mass is 268 g/mol. The number of aromatic hydroxyl groups is 1. The number of rotatable bonds is 2. The maximum Gasteiger partial charge on any atom is 0.134 e. The Balaban J connectivity index is 2.05. The lowest BCUT2D eigenvalue weighted by Crippen LogP contribution is -2.37. The van der Waals surface area contributed by atoms with Crippen LogP contribution in [0.3, 0.4) is 0 Å². The molecule has 1 aromatic carbocycles. The molecule has 1 atom stereocenters. The average Bonchev–Trinajstić information content (AvgIpc) is 2.46. The summed E-state index contributed by atoms with van der Waals surface area (Å²) < 4.78 is 0. The molecular formula is C14H21ClN2O. The second-order valence-corrected chi connectivity index (χ2v) is 5.63. The highest BCUT2D eigenvalue weighted by Gasteiger charge is 2.19. The van der Waals surface area contributed by atoms with Crippen molar-refractivity contribution >= 4 is 11.6 Å². The van der Waals surface area contributed by atoms with Crippen LogP contribution in [0.15, 0.2) is 18.2 Å². The number of hydrogen-bond acceptors (Lipinski definition) is 3. The van der Waals surface area contributed by atoms with E-state index >= 15 is 0 Å². The van der Waals surface area contributed by atoms with E-state index in [1.807, 2.05) is 12.1 Å². The lowest BCUT2D eigenvalue weighted by Gasteiger charge is -2.28. The zero-order valence-corrected chi connectivity index (χ0v) is 11.8. The lowest BCUT2D eigenvalue weighted by molar-refractivity contribution is 0.194. The summed E-state index contributed by atoms with van der Waals surface area (Å²) in [5.41, 5.74) is 1.16. The van der Waals surface area contributed by atoms with Gasteiger partial charge in [-0.3, -0.25) is 4.90 Å². The summed E-state index contributed by atoms with van der Waals surface area (Å²) in [6.45, 7) is 6.55. The van der Waals surface area contributed by atoms with Crippen LogP contribution in [0.4, 0.5) is 0 Å². The second-order valence-electron chi connectivity index (χ2n) is 5.22. The molecule has 0 bridgehead atoms. The van der Waals surface area contributed by atoms with E-state index in [2.05, 4.69) is 23.8 Å². The van der Waals surface area contributed by atoms with E-state index < -0.39 is 0 Å². The van der Waals surface area contributed by atoms with Crippen LogP contribution in [-0.4, -0.2) is 47.6 Å². The van der Waals surface area contributed by atoms with Gasteiger partial charge in [-0.2, -0.15) is 0 Å². The first-order valence-electron chi connectivity index (χ1n) is 6.46. The highest BCUT2D eigenvalue weighted by molar-refractivity contribution is 6.32. The third-order valence-electron chi connectivity index (χ3n) is 3.58. The van der Waals surface area contributed by atoms with E-state index in [0.29, 0.717) is 11.1 Å². The molecule has 1 unspecified atom stereocenters. The Hall–Kier alpha value is -0.770. The maximum absolute atomic E-state index is 9.43. The normalized spacial score (nSPS) is 22.9. The topological polar surface area (TPSA) is 26.7 Å². The molecular weight excluding hydrogens is 248 g/mol. The number of hydrogen-bond donors (Lipinski definition) is 1. The molecule has 100 valence electrons. The second kappa shape index (κ2) is 5.91. The Morgan fingerprint density at radius 1 is 1.39 bits per heavy atom. The highest BCUT2D eigenvalue weighted by Crippen LogP contribution is 2.25.